The number of rotatable bonds is 2. The molecule has 5 nitrogen and oxygen atoms in total. The van der Waals surface area contributed by atoms with Gasteiger partial charge in [0.05, 0.1) is 12.6 Å². The molecule has 2 heterocycles. The second kappa shape index (κ2) is 4.98. The number of methoxy groups -OCH3 is 1. The van der Waals surface area contributed by atoms with Crippen LogP contribution in [0.3, 0.4) is 0 Å². The highest BCUT2D eigenvalue weighted by atomic mass is 16.5. The molecule has 0 aliphatic heterocycles. The molecular weight excluding hydrogens is 288 g/mol. The van der Waals surface area contributed by atoms with Crippen molar-refractivity contribution in [2.75, 3.05) is 12.8 Å². The number of fused-ring (bicyclic) bond motifs is 3. The van der Waals surface area contributed by atoms with Gasteiger partial charge in [0, 0.05) is 16.6 Å². The SMILES string of the molecule is COc1cccc2c(C)cc3nnc(-c4cccc(N)c4)n3c12. The highest BCUT2D eigenvalue weighted by molar-refractivity contribution is 5.91. The third kappa shape index (κ3) is 2.01. The molecule has 2 aromatic carbocycles. The fourth-order valence-electron chi connectivity index (χ4n) is 2.98. The topological polar surface area (TPSA) is 65.4 Å². The molecule has 0 aliphatic rings. The van der Waals surface area contributed by atoms with E-state index in [4.69, 9.17) is 10.5 Å². The van der Waals surface area contributed by atoms with Gasteiger partial charge in [-0.2, -0.15) is 0 Å². The van der Waals surface area contributed by atoms with Gasteiger partial charge in [-0.3, -0.25) is 4.40 Å². The molecule has 0 bridgehead atoms. The van der Waals surface area contributed by atoms with Crippen molar-refractivity contribution in [3.8, 4) is 17.1 Å². The van der Waals surface area contributed by atoms with Crippen LogP contribution in [0.25, 0.3) is 27.9 Å². The van der Waals surface area contributed by atoms with Gasteiger partial charge in [-0.15, -0.1) is 10.2 Å². The third-order valence-electron chi connectivity index (χ3n) is 4.05. The smallest absolute Gasteiger partial charge is 0.169 e. The highest BCUT2D eigenvalue weighted by Gasteiger charge is 2.15. The first-order chi connectivity index (χ1) is 11.2. The number of benzene rings is 2. The van der Waals surface area contributed by atoms with Gasteiger partial charge in [0.15, 0.2) is 11.5 Å². The summed E-state index contributed by atoms with van der Waals surface area (Å²) in [5.74, 6) is 1.54. The van der Waals surface area contributed by atoms with Crippen LogP contribution in [0.15, 0.2) is 48.5 Å². The first-order valence-corrected chi connectivity index (χ1v) is 7.36. The molecule has 5 heteroatoms. The van der Waals surface area contributed by atoms with Crippen molar-refractivity contribution in [1.29, 1.82) is 0 Å². The van der Waals surface area contributed by atoms with E-state index >= 15 is 0 Å². The minimum atomic E-state index is 0.697. The minimum absolute atomic E-state index is 0.697. The lowest BCUT2D eigenvalue weighted by atomic mass is 10.1. The molecular formula is C18H16N4O. The molecule has 0 aliphatic carbocycles. The number of anilines is 1. The van der Waals surface area contributed by atoms with E-state index in [0.717, 1.165) is 39.3 Å². The van der Waals surface area contributed by atoms with Crippen molar-refractivity contribution in [2.45, 2.75) is 6.92 Å². The molecule has 4 aromatic rings. The van der Waals surface area contributed by atoms with Crippen LogP contribution < -0.4 is 10.5 Å². The van der Waals surface area contributed by atoms with Gasteiger partial charge in [-0.25, -0.2) is 0 Å². The molecule has 0 spiro atoms. The Labute approximate surface area is 133 Å². The molecule has 114 valence electrons. The van der Waals surface area contributed by atoms with Crippen LogP contribution in [-0.2, 0) is 0 Å². The number of para-hydroxylation sites is 1. The number of hydrogen-bond donors (Lipinski definition) is 1. The lowest BCUT2D eigenvalue weighted by molar-refractivity contribution is 0.418. The molecule has 2 N–H and O–H groups in total. The normalized spacial score (nSPS) is 11.2. The predicted octanol–water partition coefficient (Wildman–Crippen LogP) is 3.45. The Bertz CT molecular complexity index is 1040. The molecule has 0 amide bonds. The molecule has 0 radical (unpaired) electrons. The number of aryl methyl sites for hydroxylation is 1. The van der Waals surface area contributed by atoms with Crippen LogP contribution in [0.1, 0.15) is 5.56 Å². The summed E-state index contributed by atoms with van der Waals surface area (Å²) in [6, 6.07) is 15.7. The Morgan fingerprint density at radius 3 is 2.65 bits per heavy atom. The molecule has 0 saturated heterocycles. The van der Waals surface area contributed by atoms with Crippen LogP contribution in [-0.4, -0.2) is 21.7 Å². The number of aromatic nitrogens is 3. The molecule has 4 rings (SSSR count). The fraction of sp³-hybridized carbons (Fsp3) is 0.111. The summed E-state index contributed by atoms with van der Waals surface area (Å²) in [7, 11) is 1.67. The van der Waals surface area contributed by atoms with E-state index in [-0.39, 0.29) is 0 Å². The Kier molecular flexibility index (Phi) is 2.94. The van der Waals surface area contributed by atoms with Gasteiger partial charge in [0.25, 0.3) is 0 Å². The summed E-state index contributed by atoms with van der Waals surface area (Å²) in [6.45, 7) is 2.07. The van der Waals surface area contributed by atoms with Crippen LogP contribution in [0.4, 0.5) is 5.69 Å². The van der Waals surface area contributed by atoms with E-state index in [1.807, 2.05) is 46.9 Å². The Balaban J connectivity index is 2.18. The van der Waals surface area contributed by atoms with Crippen molar-refractivity contribution < 1.29 is 4.74 Å². The van der Waals surface area contributed by atoms with Gasteiger partial charge in [0.2, 0.25) is 0 Å². The Morgan fingerprint density at radius 2 is 1.87 bits per heavy atom. The summed E-state index contributed by atoms with van der Waals surface area (Å²) >= 11 is 0. The molecule has 23 heavy (non-hydrogen) atoms. The summed E-state index contributed by atoms with van der Waals surface area (Å²) in [6.07, 6.45) is 0. The number of hydrogen-bond acceptors (Lipinski definition) is 4. The lowest BCUT2D eigenvalue weighted by Crippen LogP contribution is -1.97. The van der Waals surface area contributed by atoms with Gasteiger partial charge in [0.1, 0.15) is 5.75 Å². The van der Waals surface area contributed by atoms with Crippen molar-refractivity contribution in [3.05, 3.63) is 54.1 Å². The summed E-state index contributed by atoms with van der Waals surface area (Å²) in [5.41, 5.74) is 10.4. The van der Waals surface area contributed by atoms with Crippen molar-refractivity contribution >= 4 is 22.2 Å². The largest absolute Gasteiger partial charge is 0.495 e. The van der Waals surface area contributed by atoms with Crippen LogP contribution in [0, 0.1) is 6.92 Å². The molecule has 0 fully saturated rings. The third-order valence-corrected chi connectivity index (χ3v) is 4.05. The second-order valence-corrected chi connectivity index (χ2v) is 5.53. The number of pyridine rings is 1. The maximum absolute atomic E-state index is 5.92. The first-order valence-electron chi connectivity index (χ1n) is 7.36. The predicted molar refractivity (Wildman–Crippen MR) is 91.6 cm³/mol. The zero-order valence-corrected chi connectivity index (χ0v) is 12.9. The minimum Gasteiger partial charge on any atom is -0.495 e. The van der Waals surface area contributed by atoms with Gasteiger partial charge in [-0.1, -0.05) is 24.3 Å². The zero-order valence-electron chi connectivity index (χ0n) is 12.9. The van der Waals surface area contributed by atoms with E-state index in [0.29, 0.717) is 5.69 Å². The number of nitrogen functional groups attached to an aromatic ring is 1. The monoisotopic (exact) mass is 304 g/mol. The van der Waals surface area contributed by atoms with Gasteiger partial charge in [-0.05, 0) is 36.8 Å². The maximum atomic E-state index is 5.92. The van der Waals surface area contributed by atoms with Crippen molar-refractivity contribution in [1.82, 2.24) is 14.6 Å². The standard InChI is InChI=1S/C18H16N4O/c1-11-9-16-20-21-18(12-5-3-6-13(19)10-12)22(16)17-14(11)7-4-8-15(17)23-2/h3-10H,19H2,1-2H3. The number of nitrogens with zero attached hydrogens (tertiary/aromatic N) is 3. The summed E-state index contributed by atoms with van der Waals surface area (Å²) in [5, 5.41) is 9.82. The van der Waals surface area contributed by atoms with Gasteiger partial charge >= 0.3 is 0 Å². The van der Waals surface area contributed by atoms with Crippen LogP contribution in [0.5, 0.6) is 5.75 Å². The molecule has 0 saturated carbocycles. The fourth-order valence-corrected chi connectivity index (χ4v) is 2.98. The number of nitrogens with two attached hydrogens (primary N) is 1. The van der Waals surface area contributed by atoms with Crippen LogP contribution in [0.2, 0.25) is 0 Å². The molecule has 0 unspecified atom stereocenters. The van der Waals surface area contributed by atoms with E-state index in [9.17, 15) is 0 Å². The maximum Gasteiger partial charge on any atom is 0.169 e. The van der Waals surface area contributed by atoms with E-state index in [2.05, 4.69) is 23.2 Å². The lowest BCUT2D eigenvalue weighted by Gasteiger charge is -2.11. The zero-order chi connectivity index (χ0) is 16.0. The summed E-state index contributed by atoms with van der Waals surface area (Å²) < 4.78 is 7.60. The highest BCUT2D eigenvalue weighted by Crippen LogP contribution is 2.32. The quantitative estimate of drug-likeness (QED) is 0.576. The van der Waals surface area contributed by atoms with E-state index < -0.39 is 0 Å². The molecule has 2 aromatic heterocycles. The van der Waals surface area contributed by atoms with E-state index in [1.165, 1.54) is 0 Å². The first kappa shape index (κ1) is 13.6. The van der Waals surface area contributed by atoms with E-state index in [1.54, 1.807) is 7.11 Å². The number of ether oxygens (including phenoxy) is 1. The Hall–Kier alpha value is -3.08. The average Bonchev–Trinajstić information content (AvgIpc) is 2.98. The molecule has 0 atom stereocenters. The van der Waals surface area contributed by atoms with Gasteiger partial charge < -0.3 is 10.5 Å². The Morgan fingerprint density at radius 1 is 1.04 bits per heavy atom. The van der Waals surface area contributed by atoms with Crippen LogP contribution >= 0.6 is 0 Å². The average molecular weight is 304 g/mol. The second-order valence-electron chi connectivity index (χ2n) is 5.53. The van der Waals surface area contributed by atoms with Crippen molar-refractivity contribution in [3.63, 3.8) is 0 Å². The summed E-state index contributed by atoms with van der Waals surface area (Å²) in [4.78, 5) is 0. The van der Waals surface area contributed by atoms with Crippen molar-refractivity contribution in [2.24, 2.45) is 0 Å².